The monoisotopic (exact) mass is 425 g/mol. The lowest BCUT2D eigenvalue weighted by Crippen LogP contribution is -2.04. The van der Waals surface area contributed by atoms with Crippen LogP contribution in [0.5, 0.6) is 23.1 Å². The maximum atomic E-state index is 14.3. The molecule has 11 heteroatoms. The summed E-state index contributed by atoms with van der Waals surface area (Å²) in [7, 11) is -3.24. The highest BCUT2D eigenvalue weighted by atomic mass is 35.5. The van der Waals surface area contributed by atoms with Crippen LogP contribution in [0.15, 0.2) is 18.2 Å². The second kappa shape index (κ2) is 8.88. The van der Waals surface area contributed by atoms with Gasteiger partial charge in [0.05, 0.1) is 0 Å². The highest BCUT2D eigenvalue weighted by Gasteiger charge is 2.21. The van der Waals surface area contributed by atoms with Gasteiger partial charge in [-0.1, -0.05) is 37.0 Å². The van der Waals surface area contributed by atoms with Crippen LogP contribution in [-0.4, -0.2) is 21.8 Å². The summed E-state index contributed by atoms with van der Waals surface area (Å²) in [5.41, 5.74) is 0.625. The van der Waals surface area contributed by atoms with Crippen LogP contribution in [0.1, 0.15) is 25.3 Å². The normalized spacial score (nSPS) is 12.3. The Labute approximate surface area is 159 Å². The third-order valence-corrected chi connectivity index (χ3v) is 4.14. The van der Waals surface area contributed by atoms with E-state index < -0.39 is 31.8 Å². The van der Waals surface area contributed by atoms with Crippen molar-refractivity contribution >= 4 is 31.5 Å². The van der Waals surface area contributed by atoms with Gasteiger partial charge in [-0.3, -0.25) is 9.09 Å². The molecule has 1 aromatic heterocycles. The van der Waals surface area contributed by atoms with Crippen LogP contribution in [-0.2, 0) is 9.09 Å². The molecule has 142 valence electrons. The lowest BCUT2D eigenvalue weighted by atomic mass is 10.0. The van der Waals surface area contributed by atoms with Crippen LogP contribution in [0, 0.1) is 5.82 Å². The SMILES string of the molecule is CC(C)c1cc(Oc2c(Cl)nc(OCO[PH](=O)O)c(F)c2Cl)ccc1O. The van der Waals surface area contributed by atoms with E-state index in [1.807, 2.05) is 13.8 Å². The topological polar surface area (TPSA) is 98.1 Å². The number of rotatable bonds is 7. The highest BCUT2D eigenvalue weighted by Crippen LogP contribution is 2.41. The predicted molar refractivity (Wildman–Crippen MR) is 94.3 cm³/mol. The zero-order valence-corrected chi connectivity index (χ0v) is 16.1. The molecule has 0 bridgehead atoms. The quantitative estimate of drug-likeness (QED) is 0.370. The van der Waals surface area contributed by atoms with E-state index in [-0.39, 0.29) is 28.3 Å². The van der Waals surface area contributed by atoms with E-state index >= 15 is 0 Å². The molecule has 1 atom stereocenters. The Morgan fingerprint density at radius 1 is 1.35 bits per heavy atom. The summed E-state index contributed by atoms with van der Waals surface area (Å²) in [6.07, 6.45) is 0. The van der Waals surface area contributed by atoms with Gasteiger partial charge in [-0.25, -0.2) is 0 Å². The van der Waals surface area contributed by atoms with Gasteiger partial charge in [0, 0.05) is 5.56 Å². The number of halogens is 3. The maximum absolute atomic E-state index is 14.3. The molecule has 0 fully saturated rings. The first-order chi connectivity index (χ1) is 12.2. The summed E-state index contributed by atoms with van der Waals surface area (Å²) in [6, 6.07) is 4.47. The molecule has 1 aromatic carbocycles. The number of ether oxygens (including phenoxy) is 2. The molecule has 26 heavy (non-hydrogen) atoms. The van der Waals surface area contributed by atoms with Crippen molar-refractivity contribution in [2.45, 2.75) is 19.8 Å². The van der Waals surface area contributed by atoms with Gasteiger partial charge >= 0.3 is 8.25 Å². The van der Waals surface area contributed by atoms with E-state index in [1.54, 1.807) is 6.07 Å². The first-order valence-corrected chi connectivity index (χ1v) is 9.26. The fraction of sp³-hybridized carbons (Fsp3) is 0.267. The molecule has 7 nitrogen and oxygen atoms in total. The number of pyridine rings is 1. The number of nitrogens with zero attached hydrogens (tertiary/aromatic N) is 1. The Bertz CT molecular complexity index is 836. The molecule has 0 saturated carbocycles. The number of hydrogen-bond acceptors (Lipinski definition) is 6. The number of hydrogen-bond donors (Lipinski definition) is 2. The van der Waals surface area contributed by atoms with Gasteiger partial charge in [0.2, 0.25) is 5.82 Å². The Morgan fingerprint density at radius 3 is 2.65 bits per heavy atom. The molecule has 0 saturated heterocycles. The summed E-state index contributed by atoms with van der Waals surface area (Å²) in [6.45, 7) is 3.06. The molecule has 0 radical (unpaired) electrons. The second-order valence-corrected chi connectivity index (χ2v) is 6.87. The summed E-state index contributed by atoms with van der Waals surface area (Å²) < 4.78 is 39.3. The summed E-state index contributed by atoms with van der Waals surface area (Å²) in [5.74, 6) is -1.53. The lowest BCUT2D eigenvalue weighted by molar-refractivity contribution is 0.106. The molecule has 2 rings (SSSR count). The average Bonchev–Trinajstić information content (AvgIpc) is 2.57. The molecule has 0 aliphatic rings. The van der Waals surface area contributed by atoms with Crippen LogP contribution in [0.2, 0.25) is 10.2 Å². The molecule has 0 aliphatic carbocycles. The molecule has 1 heterocycles. The van der Waals surface area contributed by atoms with Crippen molar-refractivity contribution in [3.05, 3.63) is 39.8 Å². The Morgan fingerprint density at radius 2 is 2.04 bits per heavy atom. The lowest BCUT2D eigenvalue weighted by Gasteiger charge is -2.14. The minimum absolute atomic E-state index is 0.0223. The van der Waals surface area contributed by atoms with Gasteiger partial charge in [-0.15, -0.1) is 0 Å². The minimum Gasteiger partial charge on any atom is -0.508 e. The minimum atomic E-state index is -3.24. The fourth-order valence-corrected chi connectivity index (χ4v) is 2.59. The van der Waals surface area contributed by atoms with Crippen molar-refractivity contribution in [3.8, 4) is 23.1 Å². The molecule has 2 aromatic rings. The standard InChI is InChI=1S/C15H15Cl2FNO6P/c1-7(2)9-5-8(3-4-10(9)20)25-13-11(16)12(18)15(19-14(13)17)23-6-24-26(21)22/h3-5,7,20,26H,6H2,1-2H3,(H,21,22). The summed E-state index contributed by atoms with van der Waals surface area (Å²) in [5, 5.41) is 9.06. The first kappa shape index (κ1) is 20.7. The van der Waals surface area contributed by atoms with Crippen LogP contribution in [0.25, 0.3) is 0 Å². The zero-order valence-electron chi connectivity index (χ0n) is 13.6. The van der Waals surface area contributed by atoms with Gasteiger partial charge in [0.15, 0.2) is 17.7 Å². The molecule has 1 unspecified atom stereocenters. The van der Waals surface area contributed by atoms with Crippen molar-refractivity contribution in [3.63, 3.8) is 0 Å². The van der Waals surface area contributed by atoms with Gasteiger partial charge in [0.25, 0.3) is 5.88 Å². The highest BCUT2D eigenvalue weighted by molar-refractivity contribution is 7.32. The third kappa shape index (κ3) is 4.99. The van der Waals surface area contributed by atoms with E-state index in [1.165, 1.54) is 12.1 Å². The molecule has 0 amide bonds. The van der Waals surface area contributed by atoms with Crippen molar-refractivity contribution < 1.29 is 33.0 Å². The Balaban J connectivity index is 2.29. The van der Waals surface area contributed by atoms with Gasteiger partial charge in [-0.05, 0) is 24.1 Å². The molecule has 0 spiro atoms. The van der Waals surface area contributed by atoms with E-state index in [2.05, 4.69) is 9.51 Å². The van der Waals surface area contributed by atoms with E-state index in [9.17, 15) is 14.1 Å². The average molecular weight is 426 g/mol. The van der Waals surface area contributed by atoms with Gasteiger partial charge in [-0.2, -0.15) is 9.37 Å². The number of phenolic OH excluding ortho intramolecular Hbond substituents is 1. The van der Waals surface area contributed by atoms with Crippen molar-refractivity contribution in [2.24, 2.45) is 0 Å². The predicted octanol–water partition coefficient (Wildman–Crippen LogP) is 4.88. The first-order valence-electron chi connectivity index (χ1n) is 7.24. The Hall–Kier alpha value is -1.57. The zero-order chi connectivity index (χ0) is 19.4. The summed E-state index contributed by atoms with van der Waals surface area (Å²) in [4.78, 5) is 12.2. The van der Waals surface area contributed by atoms with Crippen LogP contribution >= 0.6 is 31.5 Å². The summed E-state index contributed by atoms with van der Waals surface area (Å²) >= 11 is 11.9. The molecule has 2 N–H and O–H groups in total. The van der Waals surface area contributed by atoms with E-state index in [0.717, 1.165) is 0 Å². The maximum Gasteiger partial charge on any atom is 0.319 e. The third-order valence-electron chi connectivity index (χ3n) is 3.19. The number of aromatic hydroxyl groups is 1. The molecule has 0 aliphatic heterocycles. The van der Waals surface area contributed by atoms with Crippen LogP contribution < -0.4 is 9.47 Å². The molecular formula is C15H15Cl2FNO6P. The number of phenols is 1. The van der Waals surface area contributed by atoms with E-state index in [0.29, 0.717) is 5.56 Å². The van der Waals surface area contributed by atoms with Crippen molar-refractivity contribution in [2.75, 3.05) is 6.79 Å². The molecular weight excluding hydrogens is 411 g/mol. The van der Waals surface area contributed by atoms with Crippen molar-refractivity contribution in [1.29, 1.82) is 0 Å². The largest absolute Gasteiger partial charge is 0.508 e. The Kier molecular flexibility index (Phi) is 7.08. The van der Waals surface area contributed by atoms with Gasteiger partial charge < -0.3 is 19.5 Å². The smallest absolute Gasteiger partial charge is 0.319 e. The van der Waals surface area contributed by atoms with Crippen molar-refractivity contribution in [1.82, 2.24) is 4.98 Å². The fourth-order valence-electron chi connectivity index (χ4n) is 1.97. The van der Waals surface area contributed by atoms with Crippen LogP contribution in [0.4, 0.5) is 4.39 Å². The van der Waals surface area contributed by atoms with Gasteiger partial charge in [0.1, 0.15) is 16.5 Å². The van der Waals surface area contributed by atoms with Crippen LogP contribution in [0.3, 0.4) is 0 Å². The second-order valence-electron chi connectivity index (χ2n) is 5.31. The number of aromatic nitrogens is 1. The number of benzene rings is 1. The van der Waals surface area contributed by atoms with E-state index in [4.69, 9.17) is 37.6 Å².